The molecule has 0 atom stereocenters. The van der Waals surface area contributed by atoms with Gasteiger partial charge in [-0.2, -0.15) is 0 Å². The molecule has 0 aliphatic rings. The number of nitrogens with zero attached hydrogens (tertiary/aromatic N) is 2. The number of carbonyl (C=O) groups is 1. The lowest BCUT2D eigenvalue weighted by molar-refractivity contribution is 0.0594. The van der Waals surface area contributed by atoms with Crippen LogP contribution in [0.3, 0.4) is 0 Å². The number of rotatable bonds is 1. The molecule has 0 aromatic carbocycles. The Hall–Kier alpha value is -1.84. The summed E-state index contributed by atoms with van der Waals surface area (Å²) in [6.07, 6.45) is 1.90. The van der Waals surface area contributed by atoms with Crippen molar-refractivity contribution in [3.63, 3.8) is 0 Å². The van der Waals surface area contributed by atoms with E-state index in [4.69, 9.17) is 0 Å². The van der Waals surface area contributed by atoms with Gasteiger partial charge < -0.3 is 9.14 Å². The van der Waals surface area contributed by atoms with Gasteiger partial charge in [-0.15, -0.1) is 0 Å². The van der Waals surface area contributed by atoms with E-state index in [2.05, 4.69) is 9.72 Å². The first-order valence-corrected chi connectivity index (χ1v) is 4.67. The highest BCUT2D eigenvalue weighted by Gasteiger charge is 2.15. The highest BCUT2D eigenvalue weighted by molar-refractivity contribution is 5.89. The summed E-state index contributed by atoms with van der Waals surface area (Å²) in [6, 6.07) is 3.90. The Balaban J connectivity index is 2.69. The molecular weight excluding hydrogens is 192 g/mol. The summed E-state index contributed by atoms with van der Waals surface area (Å²) in [7, 11) is 1.36. The molecule has 0 saturated carbocycles. The number of ether oxygens (including phenoxy) is 1. The highest BCUT2D eigenvalue weighted by atomic mass is 16.5. The lowest BCUT2D eigenvalue weighted by atomic mass is 10.3. The van der Waals surface area contributed by atoms with Crippen molar-refractivity contribution in [3.8, 4) is 0 Å². The molecular formula is C11H12N2O2. The highest BCUT2D eigenvalue weighted by Crippen LogP contribution is 2.13. The van der Waals surface area contributed by atoms with E-state index in [-0.39, 0.29) is 0 Å². The summed E-state index contributed by atoms with van der Waals surface area (Å²) in [5.74, 6) is -0.395. The number of methoxy groups -OCH3 is 1. The van der Waals surface area contributed by atoms with Gasteiger partial charge in [0, 0.05) is 6.20 Å². The molecule has 2 rings (SSSR count). The molecule has 15 heavy (non-hydrogen) atoms. The van der Waals surface area contributed by atoms with Crippen LogP contribution in [0.2, 0.25) is 0 Å². The van der Waals surface area contributed by atoms with Gasteiger partial charge in [0.2, 0.25) is 0 Å². The lowest BCUT2D eigenvalue weighted by Crippen LogP contribution is -2.03. The second-order valence-electron chi connectivity index (χ2n) is 3.47. The summed E-state index contributed by atoms with van der Waals surface area (Å²) in [6.45, 7) is 3.84. The molecule has 0 N–H and O–H groups in total. The molecule has 2 aromatic rings. The second-order valence-corrected chi connectivity index (χ2v) is 3.47. The van der Waals surface area contributed by atoms with E-state index in [9.17, 15) is 4.79 Å². The van der Waals surface area contributed by atoms with Gasteiger partial charge in [-0.25, -0.2) is 9.78 Å². The number of hydrogen-bond acceptors (Lipinski definition) is 3. The van der Waals surface area contributed by atoms with Crippen LogP contribution in [0.25, 0.3) is 5.65 Å². The number of esters is 1. The zero-order valence-corrected chi connectivity index (χ0v) is 8.94. The number of aryl methyl sites for hydroxylation is 2. The molecule has 0 unspecified atom stereocenters. The molecule has 4 nitrogen and oxygen atoms in total. The smallest absolute Gasteiger partial charge is 0.358 e. The first kappa shape index (κ1) is 9.71. The van der Waals surface area contributed by atoms with Gasteiger partial charge in [0.15, 0.2) is 5.69 Å². The predicted molar refractivity (Wildman–Crippen MR) is 56.0 cm³/mol. The van der Waals surface area contributed by atoms with Crippen molar-refractivity contribution in [2.45, 2.75) is 13.8 Å². The average Bonchev–Trinajstić information content (AvgIpc) is 2.54. The minimum absolute atomic E-state index is 0.378. The third-order valence-corrected chi connectivity index (χ3v) is 2.40. The van der Waals surface area contributed by atoms with Crippen LogP contribution in [0.5, 0.6) is 0 Å². The minimum atomic E-state index is -0.395. The summed E-state index contributed by atoms with van der Waals surface area (Å²) in [5.41, 5.74) is 3.07. The largest absolute Gasteiger partial charge is 0.464 e. The topological polar surface area (TPSA) is 43.6 Å². The van der Waals surface area contributed by atoms with Crippen LogP contribution in [0.1, 0.15) is 21.7 Å². The van der Waals surface area contributed by atoms with Crippen molar-refractivity contribution in [2.75, 3.05) is 7.11 Å². The third-order valence-electron chi connectivity index (χ3n) is 2.40. The Kier molecular flexibility index (Phi) is 2.19. The molecule has 0 aliphatic heterocycles. The fourth-order valence-corrected chi connectivity index (χ4v) is 1.56. The zero-order valence-electron chi connectivity index (χ0n) is 8.94. The van der Waals surface area contributed by atoms with E-state index in [0.29, 0.717) is 5.69 Å². The van der Waals surface area contributed by atoms with E-state index < -0.39 is 5.97 Å². The van der Waals surface area contributed by atoms with Gasteiger partial charge in [-0.3, -0.25) is 0 Å². The number of fused-ring (bicyclic) bond motifs is 1. The maximum Gasteiger partial charge on any atom is 0.358 e. The molecule has 4 heteroatoms. The molecule has 0 amide bonds. The van der Waals surface area contributed by atoms with Crippen molar-refractivity contribution in [2.24, 2.45) is 0 Å². The van der Waals surface area contributed by atoms with Crippen LogP contribution in [0.15, 0.2) is 18.3 Å². The molecule has 0 aliphatic carbocycles. The number of pyridine rings is 1. The van der Waals surface area contributed by atoms with Crippen molar-refractivity contribution in [1.29, 1.82) is 0 Å². The molecule has 2 heterocycles. The Morgan fingerprint density at radius 3 is 2.87 bits per heavy atom. The Morgan fingerprint density at radius 1 is 1.47 bits per heavy atom. The maximum atomic E-state index is 11.4. The van der Waals surface area contributed by atoms with Crippen molar-refractivity contribution < 1.29 is 9.53 Å². The van der Waals surface area contributed by atoms with Crippen LogP contribution < -0.4 is 0 Å². The van der Waals surface area contributed by atoms with Gasteiger partial charge in [-0.05, 0) is 31.5 Å². The monoisotopic (exact) mass is 204 g/mol. The molecule has 0 saturated heterocycles. The van der Waals surface area contributed by atoms with Crippen molar-refractivity contribution in [3.05, 3.63) is 35.3 Å². The minimum Gasteiger partial charge on any atom is -0.464 e. The standard InChI is InChI=1S/C11H12N2O2/c1-7-4-5-13-8(2)10(11(14)15-3)12-9(13)6-7/h4-6H,1-3H3. The molecule has 0 radical (unpaired) electrons. The summed E-state index contributed by atoms with van der Waals surface area (Å²) < 4.78 is 6.54. The Labute approximate surface area is 87.5 Å². The summed E-state index contributed by atoms with van der Waals surface area (Å²) in [5, 5.41) is 0. The Morgan fingerprint density at radius 2 is 2.20 bits per heavy atom. The van der Waals surface area contributed by atoms with E-state index in [1.54, 1.807) is 0 Å². The van der Waals surface area contributed by atoms with Crippen LogP contribution in [-0.4, -0.2) is 22.5 Å². The number of carbonyl (C=O) groups excluding carboxylic acids is 1. The van der Waals surface area contributed by atoms with Crippen LogP contribution >= 0.6 is 0 Å². The molecule has 78 valence electrons. The van der Waals surface area contributed by atoms with Crippen molar-refractivity contribution >= 4 is 11.6 Å². The Bertz CT molecular complexity index is 529. The first-order valence-electron chi connectivity index (χ1n) is 4.67. The van der Waals surface area contributed by atoms with Gasteiger partial charge in [0.25, 0.3) is 0 Å². The fourth-order valence-electron chi connectivity index (χ4n) is 1.56. The van der Waals surface area contributed by atoms with Crippen molar-refractivity contribution in [1.82, 2.24) is 9.38 Å². The van der Waals surface area contributed by atoms with Crippen LogP contribution in [-0.2, 0) is 4.74 Å². The number of imidazole rings is 1. The average molecular weight is 204 g/mol. The molecule has 0 spiro atoms. The zero-order chi connectivity index (χ0) is 11.0. The van der Waals surface area contributed by atoms with Gasteiger partial charge >= 0.3 is 5.97 Å². The van der Waals surface area contributed by atoms with E-state index in [0.717, 1.165) is 16.9 Å². The van der Waals surface area contributed by atoms with Gasteiger partial charge in [0.1, 0.15) is 5.65 Å². The second kappa shape index (κ2) is 3.38. The van der Waals surface area contributed by atoms with E-state index in [1.807, 2.05) is 36.6 Å². The normalized spacial score (nSPS) is 10.6. The molecule has 0 fully saturated rings. The predicted octanol–water partition coefficient (Wildman–Crippen LogP) is 1.74. The summed E-state index contributed by atoms with van der Waals surface area (Å²) in [4.78, 5) is 15.6. The molecule has 2 aromatic heterocycles. The van der Waals surface area contributed by atoms with E-state index >= 15 is 0 Å². The quantitative estimate of drug-likeness (QED) is 0.664. The number of aromatic nitrogens is 2. The number of hydrogen-bond donors (Lipinski definition) is 0. The fraction of sp³-hybridized carbons (Fsp3) is 0.273. The lowest BCUT2D eigenvalue weighted by Gasteiger charge is -1.97. The van der Waals surface area contributed by atoms with Crippen LogP contribution in [0, 0.1) is 13.8 Å². The van der Waals surface area contributed by atoms with Gasteiger partial charge in [-0.1, -0.05) is 0 Å². The van der Waals surface area contributed by atoms with Gasteiger partial charge in [0.05, 0.1) is 12.8 Å². The first-order chi connectivity index (χ1) is 7.13. The maximum absolute atomic E-state index is 11.4. The van der Waals surface area contributed by atoms with Crippen LogP contribution in [0.4, 0.5) is 0 Å². The summed E-state index contributed by atoms with van der Waals surface area (Å²) >= 11 is 0. The van der Waals surface area contributed by atoms with E-state index in [1.165, 1.54) is 7.11 Å². The third kappa shape index (κ3) is 1.48. The SMILES string of the molecule is COC(=O)c1nc2cc(C)ccn2c1C. The molecule has 0 bridgehead atoms.